The van der Waals surface area contributed by atoms with Crippen molar-refractivity contribution >= 4 is 17.8 Å². The van der Waals surface area contributed by atoms with Crippen LogP contribution in [0.1, 0.15) is 38.2 Å². The minimum atomic E-state index is -0.00547. The standard InChI is InChI=1S/C30H33N5O/c1-22-4-6-26(18-25(22)8-9-28-19-32-30-20-31-10-11-35(28)30)29(36)17-24-5-7-27(23(2)16-24)21-34-14-12-33(3)13-15-34/h4-7,10-11,16,18,20,28H,12-15,17,19,21H2,1-3H3. The van der Waals surface area contributed by atoms with Gasteiger partial charge in [-0.15, -0.1) is 0 Å². The fourth-order valence-corrected chi connectivity index (χ4v) is 4.80. The van der Waals surface area contributed by atoms with Crippen LogP contribution in [-0.4, -0.2) is 78.3 Å². The van der Waals surface area contributed by atoms with Crippen LogP contribution in [0.4, 0.5) is 0 Å². The first-order chi connectivity index (χ1) is 17.5. The van der Waals surface area contributed by atoms with E-state index in [1.807, 2.05) is 36.2 Å². The fourth-order valence-electron chi connectivity index (χ4n) is 4.80. The summed E-state index contributed by atoms with van der Waals surface area (Å²) >= 11 is 0. The maximum absolute atomic E-state index is 13.2. The zero-order valence-corrected chi connectivity index (χ0v) is 21.4. The zero-order chi connectivity index (χ0) is 25.1. The molecule has 0 N–H and O–H groups in total. The van der Waals surface area contributed by atoms with E-state index in [1.54, 1.807) is 12.4 Å². The largest absolute Gasteiger partial charge is 0.314 e. The summed E-state index contributed by atoms with van der Waals surface area (Å²) in [6.07, 6.45) is 5.82. The van der Waals surface area contributed by atoms with Crippen LogP contribution in [0.5, 0.6) is 0 Å². The van der Waals surface area contributed by atoms with E-state index >= 15 is 0 Å². The summed E-state index contributed by atoms with van der Waals surface area (Å²) in [5.41, 5.74) is 6.32. The Morgan fingerprint density at radius 3 is 2.69 bits per heavy atom. The molecule has 3 aliphatic heterocycles. The molecule has 1 saturated heterocycles. The highest BCUT2D eigenvalue weighted by Crippen LogP contribution is 2.18. The van der Waals surface area contributed by atoms with Gasteiger partial charge < -0.3 is 9.80 Å². The van der Waals surface area contributed by atoms with Gasteiger partial charge in [0.1, 0.15) is 11.9 Å². The summed E-state index contributed by atoms with van der Waals surface area (Å²) in [6, 6.07) is 12.3. The second-order valence-electron chi connectivity index (χ2n) is 9.94. The van der Waals surface area contributed by atoms with Gasteiger partial charge in [-0.2, -0.15) is 0 Å². The van der Waals surface area contributed by atoms with Crippen molar-refractivity contribution in [2.45, 2.75) is 32.9 Å². The van der Waals surface area contributed by atoms with Gasteiger partial charge in [-0.05, 0) is 49.2 Å². The van der Waals surface area contributed by atoms with Crippen LogP contribution in [-0.2, 0) is 13.0 Å². The number of nitrogens with zero attached hydrogens (tertiary/aromatic N) is 5. The number of benzene rings is 2. The van der Waals surface area contributed by atoms with E-state index < -0.39 is 0 Å². The number of fused-ring (bicyclic) bond motifs is 1. The van der Waals surface area contributed by atoms with Gasteiger partial charge in [0.05, 0.1) is 12.8 Å². The number of ketones is 1. The van der Waals surface area contributed by atoms with Crippen LogP contribution in [0, 0.1) is 25.7 Å². The Balaban J connectivity index is 1.24. The van der Waals surface area contributed by atoms with Gasteiger partial charge in [0.25, 0.3) is 0 Å². The highest BCUT2D eigenvalue weighted by Gasteiger charge is 2.24. The van der Waals surface area contributed by atoms with Crippen LogP contribution in [0.3, 0.4) is 0 Å². The normalized spacial score (nSPS) is 19.6. The summed E-state index contributed by atoms with van der Waals surface area (Å²) in [4.78, 5) is 28.7. The molecule has 3 aliphatic rings. The Hall–Kier alpha value is -3.53. The lowest BCUT2D eigenvalue weighted by Crippen LogP contribution is -2.43. The molecule has 0 saturated carbocycles. The number of Topliss-reactive ketones (excluding diaryl/α,β-unsaturated/α-hetero) is 1. The Bertz CT molecular complexity index is 1300. The molecule has 6 heteroatoms. The van der Waals surface area contributed by atoms with Crippen LogP contribution < -0.4 is 0 Å². The molecular formula is C30H33N5O. The number of hydrogen-bond acceptors (Lipinski definition) is 6. The first-order valence-electron chi connectivity index (χ1n) is 12.6. The van der Waals surface area contributed by atoms with Gasteiger partial charge in [0.2, 0.25) is 0 Å². The van der Waals surface area contributed by atoms with Gasteiger partial charge in [-0.1, -0.05) is 42.2 Å². The molecule has 1 fully saturated rings. The number of amidine groups is 1. The monoisotopic (exact) mass is 479 g/mol. The van der Waals surface area contributed by atoms with Gasteiger partial charge in [0, 0.05) is 62.7 Å². The molecule has 3 heterocycles. The minimum Gasteiger partial charge on any atom is -0.314 e. The molecule has 1 unspecified atom stereocenters. The van der Waals surface area contributed by atoms with Crippen LogP contribution >= 0.6 is 0 Å². The summed E-state index contributed by atoms with van der Waals surface area (Å²) in [6.45, 7) is 10.2. The summed E-state index contributed by atoms with van der Waals surface area (Å²) < 4.78 is 0. The molecule has 2 aromatic rings. The van der Waals surface area contributed by atoms with Crippen molar-refractivity contribution in [3.63, 3.8) is 0 Å². The van der Waals surface area contributed by atoms with Gasteiger partial charge >= 0.3 is 0 Å². The highest BCUT2D eigenvalue weighted by molar-refractivity contribution is 6.31. The van der Waals surface area contributed by atoms with Crippen molar-refractivity contribution in [2.75, 3.05) is 39.8 Å². The van der Waals surface area contributed by atoms with E-state index in [1.165, 1.54) is 11.1 Å². The molecule has 1 atom stereocenters. The second-order valence-corrected chi connectivity index (χ2v) is 9.94. The summed E-state index contributed by atoms with van der Waals surface area (Å²) in [7, 11) is 2.18. The lowest BCUT2D eigenvalue weighted by atomic mass is 9.96. The van der Waals surface area contributed by atoms with E-state index in [0.29, 0.717) is 18.5 Å². The molecule has 0 radical (unpaired) electrons. The van der Waals surface area contributed by atoms with E-state index in [9.17, 15) is 4.79 Å². The third-order valence-electron chi connectivity index (χ3n) is 7.22. The maximum Gasteiger partial charge on any atom is 0.167 e. The van der Waals surface area contributed by atoms with E-state index in [2.05, 4.69) is 63.8 Å². The number of piperazine rings is 1. The first-order valence-corrected chi connectivity index (χ1v) is 12.6. The number of carbonyl (C=O) groups is 1. The molecule has 0 spiro atoms. The van der Waals surface area contributed by atoms with Crippen molar-refractivity contribution in [2.24, 2.45) is 9.98 Å². The number of hydrogen-bond donors (Lipinski definition) is 0. The Morgan fingerprint density at radius 2 is 1.89 bits per heavy atom. The van der Waals surface area contributed by atoms with Crippen molar-refractivity contribution in [1.29, 1.82) is 0 Å². The number of rotatable bonds is 5. The molecule has 0 aromatic heterocycles. The van der Waals surface area contributed by atoms with Gasteiger partial charge in [0.15, 0.2) is 5.78 Å². The molecule has 0 aliphatic carbocycles. The first kappa shape index (κ1) is 24.2. The predicted molar refractivity (Wildman–Crippen MR) is 146 cm³/mol. The number of carbonyl (C=O) groups excluding carboxylic acids is 1. The van der Waals surface area contributed by atoms with Gasteiger partial charge in [-0.3, -0.25) is 19.7 Å². The average molecular weight is 480 g/mol. The average Bonchev–Trinajstić information content (AvgIpc) is 3.29. The van der Waals surface area contributed by atoms with E-state index in [4.69, 9.17) is 0 Å². The molecule has 0 amide bonds. The molecule has 36 heavy (non-hydrogen) atoms. The number of aliphatic imine (C=N–C) groups is 2. The third-order valence-corrected chi connectivity index (χ3v) is 7.22. The maximum atomic E-state index is 13.2. The van der Waals surface area contributed by atoms with Crippen LogP contribution in [0.15, 0.2) is 58.8 Å². The lowest BCUT2D eigenvalue weighted by Gasteiger charge is -2.32. The van der Waals surface area contributed by atoms with Gasteiger partial charge in [-0.25, -0.2) is 0 Å². The molecule has 5 rings (SSSR count). The molecule has 6 nitrogen and oxygen atoms in total. The van der Waals surface area contributed by atoms with Crippen molar-refractivity contribution in [3.05, 3.63) is 82.2 Å². The summed E-state index contributed by atoms with van der Waals surface area (Å²) in [5.74, 6) is 7.60. The molecular weight excluding hydrogens is 446 g/mol. The second kappa shape index (κ2) is 10.6. The molecule has 184 valence electrons. The van der Waals surface area contributed by atoms with Crippen LogP contribution in [0.2, 0.25) is 0 Å². The number of aryl methyl sites for hydroxylation is 2. The van der Waals surface area contributed by atoms with Crippen molar-refractivity contribution in [1.82, 2.24) is 14.7 Å². The fraction of sp³-hybridized carbons (Fsp3) is 0.367. The highest BCUT2D eigenvalue weighted by atomic mass is 16.1. The quantitative estimate of drug-likeness (QED) is 0.487. The summed E-state index contributed by atoms with van der Waals surface area (Å²) in [5, 5.41) is 0. The predicted octanol–water partition coefficient (Wildman–Crippen LogP) is 3.47. The minimum absolute atomic E-state index is 0.00547. The van der Waals surface area contributed by atoms with Crippen molar-refractivity contribution in [3.8, 4) is 11.8 Å². The molecule has 0 bridgehead atoms. The number of likely N-dealkylation sites (N-methyl/N-ethyl adjacent to an activating group) is 1. The Morgan fingerprint density at radius 1 is 1.06 bits per heavy atom. The zero-order valence-electron chi connectivity index (χ0n) is 21.4. The topological polar surface area (TPSA) is 51.5 Å². The molecule has 2 aromatic carbocycles. The Kier molecular flexibility index (Phi) is 7.13. The van der Waals surface area contributed by atoms with E-state index in [-0.39, 0.29) is 11.8 Å². The Labute approximate surface area is 214 Å². The van der Waals surface area contributed by atoms with E-state index in [0.717, 1.165) is 55.2 Å². The van der Waals surface area contributed by atoms with Crippen LogP contribution in [0.25, 0.3) is 0 Å². The van der Waals surface area contributed by atoms with Crippen molar-refractivity contribution < 1.29 is 4.79 Å². The lowest BCUT2D eigenvalue weighted by molar-refractivity contribution is 0.0993. The third kappa shape index (κ3) is 5.48. The smallest absolute Gasteiger partial charge is 0.167 e. The SMILES string of the molecule is Cc1ccc(C(=O)Cc2ccc(CN3CCN(C)CC3)c(C)c2)cc1C#CC1CN=C2C=NC=CN21.